The second kappa shape index (κ2) is 25.7. The summed E-state index contributed by atoms with van der Waals surface area (Å²) in [4.78, 5) is 65.8. The van der Waals surface area contributed by atoms with Gasteiger partial charge in [0.2, 0.25) is 23.6 Å². The number of carbonyl (C=O) groups is 5. The van der Waals surface area contributed by atoms with Crippen molar-refractivity contribution in [3.8, 4) is 0 Å². The Bertz CT molecular complexity index is 1260. The van der Waals surface area contributed by atoms with E-state index in [1.54, 1.807) is 44.3 Å². The van der Waals surface area contributed by atoms with Gasteiger partial charge in [0.05, 0.1) is 19.3 Å². The van der Waals surface area contributed by atoms with Gasteiger partial charge >= 0.3 is 0 Å². The highest BCUT2D eigenvalue weighted by Gasteiger charge is 2.31. The van der Waals surface area contributed by atoms with E-state index in [4.69, 9.17) is 0 Å². The molecule has 0 saturated carbocycles. The number of carbonyl (C=O) groups excluding carboxylic acids is 5. The number of rotatable bonds is 21. The van der Waals surface area contributed by atoms with Crippen LogP contribution >= 0.6 is 0 Å². The summed E-state index contributed by atoms with van der Waals surface area (Å²) >= 11 is 0. The maximum absolute atomic E-state index is 13.8. The highest BCUT2D eigenvalue weighted by Crippen LogP contribution is 2.21. The number of hydrogen-bond acceptors (Lipinski definition) is 6. The largest absolute Gasteiger partial charge is 0.355 e. The van der Waals surface area contributed by atoms with E-state index < -0.39 is 36.1 Å². The summed E-state index contributed by atoms with van der Waals surface area (Å²) in [5, 5.41) is 19.4. The molecule has 2 unspecified atom stereocenters. The summed E-state index contributed by atoms with van der Waals surface area (Å²) in [6.45, 7) is 19.7. The van der Waals surface area contributed by atoms with Gasteiger partial charge in [-0.15, -0.1) is 0 Å². The first-order valence-electron chi connectivity index (χ1n) is 18.4. The van der Waals surface area contributed by atoms with Crippen LogP contribution in [0, 0.1) is 17.5 Å². The summed E-state index contributed by atoms with van der Waals surface area (Å²) in [6.07, 6.45) is 7.37. The normalized spacial score (nSPS) is 14.4. The van der Waals surface area contributed by atoms with Gasteiger partial charge in [-0.3, -0.25) is 24.0 Å². The van der Waals surface area contributed by atoms with Gasteiger partial charge in [-0.25, -0.2) is 0 Å². The third-order valence-corrected chi connectivity index (χ3v) is 7.70. The van der Waals surface area contributed by atoms with Crippen molar-refractivity contribution < 1.29 is 29.3 Å². The van der Waals surface area contributed by atoms with E-state index in [2.05, 4.69) is 44.0 Å². The SMILES string of the molecule is C/C=C(\C=C/[NH2+]C)C(=O)N[C@@H](CC(C)(C)C)C(=O)NC(CCC)C(=O)N[C@H](CNC(C)C(=O)N[C@@H](CC)C(=O)NCC)Cc1cc#ccc1.CC. The lowest BCUT2D eigenvalue weighted by molar-refractivity contribution is -0.556. The van der Waals surface area contributed by atoms with Crippen molar-refractivity contribution in [3.63, 3.8) is 0 Å². The Morgan fingerprint density at radius 2 is 1.53 bits per heavy atom. The molecule has 0 fully saturated rings. The van der Waals surface area contributed by atoms with Crippen LogP contribution in [0.4, 0.5) is 0 Å². The lowest BCUT2D eigenvalue weighted by atomic mass is 9.87. The van der Waals surface area contributed by atoms with E-state index in [1.165, 1.54) is 0 Å². The van der Waals surface area contributed by atoms with Crippen molar-refractivity contribution >= 4 is 29.5 Å². The number of nitrogens with one attached hydrogen (secondary N) is 6. The predicted octanol–water partition coefficient (Wildman–Crippen LogP) is 2.21. The molecule has 0 heterocycles. The Labute approximate surface area is 307 Å². The molecule has 286 valence electrons. The molecule has 1 aromatic carbocycles. The molecule has 0 saturated heterocycles. The molecule has 0 aromatic heterocycles. The Morgan fingerprint density at radius 3 is 2.06 bits per heavy atom. The van der Waals surface area contributed by atoms with Gasteiger partial charge in [0.1, 0.15) is 18.1 Å². The Kier molecular flexibility index (Phi) is 23.6. The van der Waals surface area contributed by atoms with Crippen LogP contribution in [0.15, 0.2) is 42.1 Å². The second-order valence-corrected chi connectivity index (χ2v) is 13.3. The fraction of sp³-hybridized carbons (Fsp3) is 0.615. The van der Waals surface area contributed by atoms with Crippen LogP contribution < -0.4 is 37.2 Å². The third-order valence-electron chi connectivity index (χ3n) is 7.70. The van der Waals surface area contributed by atoms with E-state index in [9.17, 15) is 24.0 Å². The summed E-state index contributed by atoms with van der Waals surface area (Å²) in [5.74, 6) is -1.76. The predicted molar refractivity (Wildman–Crippen MR) is 203 cm³/mol. The number of quaternary nitrogens is 1. The van der Waals surface area contributed by atoms with Gasteiger partial charge in [-0.1, -0.05) is 73.1 Å². The molecule has 0 bridgehead atoms. The zero-order valence-corrected chi connectivity index (χ0v) is 32.9. The van der Waals surface area contributed by atoms with Crippen LogP contribution in [0.3, 0.4) is 0 Å². The van der Waals surface area contributed by atoms with Gasteiger partial charge in [0, 0.05) is 30.8 Å². The highest BCUT2D eigenvalue weighted by atomic mass is 16.2. The monoisotopic (exact) mass is 713 g/mol. The van der Waals surface area contributed by atoms with Crippen LogP contribution in [0.25, 0.3) is 0 Å². The number of likely N-dealkylation sites (N-methyl/N-ethyl adjacent to an activating group) is 1. The summed E-state index contributed by atoms with van der Waals surface area (Å²) < 4.78 is 0. The zero-order chi connectivity index (χ0) is 39.0. The first kappa shape index (κ1) is 46.8. The molecule has 0 aliphatic heterocycles. The van der Waals surface area contributed by atoms with Crippen LogP contribution in [0.2, 0.25) is 0 Å². The minimum Gasteiger partial charge on any atom is -0.355 e. The lowest BCUT2D eigenvalue weighted by Gasteiger charge is -2.29. The Morgan fingerprint density at radius 1 is 0.882 bits per heavy atom. The van der Waals surface area contributed by atoms with Crippen LogP contribution in [-0.4, -0.2) is 79.9 Å². The topological polar surface area (TPSA) is 174 Å². The van der Waals surface area contributed by atoms with Crippen molar-refractivity contribution in [2.75, 3.05) is 20.1 Å². The minimum absolute atomic E-state index is 0.237. The molecule has 12 heteroatoms. The first-order chi connectivity index (χ1) is 24.2. The Balaban J connectivity index is 0.0000123. The molecule has 0 aliphatic rings. The van der Waals surface area contributed by atoms with Crippen molar-refractivity contribution in [1.29, 1.82) is 0 Å². The first-order valence-corrected chi connectivity index (χ1v) is 18.4. The van der Waals surface area contributed by atoms with E-state index >= 15 is 0 Å². The fourth-order valence-electron chi connectivity index (χ4n) is 5.02. The lowest BCUT2D eigenvalue weighted by Crippen LogP contribution is -2.72. The molecule has 1 rings (SSSR count). The molecule has 1 aromatic rings. The van der Waals surface area contributed by atoms with Crippen molar-refractivity contribution in [3.05, 3.63) is 59.8 Å². The van der Waals surface area contributed by atoms with E-state index in [1.807, 2.05) is 73.8 Å². The molecule has 0 radical (unpaired) electrons. The molecular weight excluding hydrogens is 646 g/mol. The van der Waals surface area contributed by atoms with Gasteiger partial charge in [-0.2, -0.15) is 0 Å². The van der Waals surface area contributed by atoms with Crippen LogP contribution in [0.1, 0.15) is 100 Å². The van der Waals surface area contributed by atoms with E-state index in [-0.39, 0.29) is 35.6 Å². The number of nitrogens with two attached hydrogens (primary N) is 1. The highest BCUT2D eigenvalue weighted by molar-refractivity contribution is 5.99. The van der Waals surface area contributed by atoms with Gasteiger partial charge in [0.15, 0.2) is 0 Å². The molecule has 0 spiro atoms. The Hall–Kier alpha value is -4.21. The summed E-state index contributed by atoms with van der Waals surface area (Å²) in [7, 11) is 1.85. The standard InChI is InChI=1S/C37H59N7O5.C2H6/c1-10-17-30(43-36(49)31(23-37(6,7)8)44-33(46)27(11-2)20-21-38-9)35(48)41-28(22-26-18-15-14-16-19-26)24-40-25(5)32(45)42-29(12-3)34(47)39-13-4;1-2/h11,15,18-21,25,28-31,38,40H,10,12-13,17,22-24H2,1-9H3,(H,39,47)(H,41,48)(H,42,45)(H,43,49)(H,44,46);1-2H3/p+1/b21-20-,27-11+;/t25?,28-,29-,30?,31-;/m0./s1. The van der Waals surface area contributed by atoms with Gasteiger partial charge in [0.25, 0.3) is 5.91 Å². The van der Waals surface area contributed by atoms with Crippen LogP contribution in [-0.2, 0) is 30.4 Å². The van der Waals surface area contributed by atoms with Crippen molar-refractivity contribution in [2.24, 2.45) is 5.41 Å². The van der Waals surface area contributed by atoms with Crippen molar-refractivity contribution in [1.82, 2.24) is 31.9 Å². The number of hydrogen-bond donors (Lipinski definition) is 7. The third kappa shape index (κ3) is 19.1. The molecule has 51 heavy (non-hydrogen) atoms. The zero-order valence-electron chi connectivity index (χ0n) is 32.9. The maximum Gasteiger partial charge on any atom is 0.251 e. The van der Waals surface area contributed by atoms with E-state index in [0.717, 1.165) is 5.56 Å². The second-order valence-electron chi connectivity index (χ2n) is 13.3. The number of allylic oxidation sites excluding steroid dienone is 1. The summed E-state index contributed by atoms with van der Waals surface area (Å²) in [6, 6.07) is 7.72. The fourth-order valence-corrected chi connectivity index (χ4v) is 5.02. The van der Waals surface area contributed by atoms with Crippen molar-refractivity contribution in [2.45, 2.75) is 132 Å². The minimum atomic E-state index is -0.868. The molecule has 5 atom stereocenters. The summed E-state index contributed by atoms with van der Waals surface area (Å²) in [5.41, 5.74) is 1.04. The molecule has 0 aliphatic carbocycles. The molecule has 8 N–H and O–H groups in total. The smallest absolute Gasteiger partial charge is 0.251 e. The van der Waals surface area contributed by atoms with Crippen LogP contribution in [0.5, 0.6) is 0 Å². The quantitative estimate of drug-likeness (QED) is 0.0761. The maximum atomic E-state index is 13.8. The number of amides is 5. The average molecular weight is 713 g/mol. The van der Waals surface area contributed by atoms with E-state index in [0.29, 0.717) is 44.2 Å². The molecular formula is C39H66N7O5+. The molecule has 5 amide bonds. The average Bonchev–Trinajstić information content (AvgIpc) is 3.09. The molecule has 12 nitrogen and oxygen atoms in total. The van der Waals surface area contributed by atoms with Gasteiger partial charge < -0.3 is 37.2 Å². The van der Waals surface area contributed by atoms with Gasteiger partial charge in [-0.05, 0) is 75.6 Å².